The van der Waals surface area contributed by atoms with Crippen LogP contribution in [0.2, 0.25) is 0 Å². The summed E-state index contributed by atoms with van der Waals surface area (Å²) in [6.07, 6.45) is 5.71. The van der Waals surface area contributed by atoms with E-state index in [0.717, 1.165) is 10.5 Å². The van der Waals surface area contributed by atoms with Gasteiger partial charge in [-0.2, -0.15) is 0 Å². The maximum Gasteiger partial charge on any atom is 0.249 e. The van der Waals surface area contributed by atoms with E-state index in [1.165, 1.54) is 18.9 Å². The van der Waals surface area contributed by atoms with Gasteiger partial charge in [-0.05, 0) is 13.3 Å². The summed E-state index contributed by atoms with van der Waals surface area (Å²) in [5.74, 6) is 0.00463. The molecule has 82 valence electrons. The van der Waals surface area contributed by atoms with Crippen molar-refractivity contribution in [2.24, 2.45) is 0 Å². The van der Waals surface area contributed by atoms with Gasteiger partial charge in [0.1, 0.15) is 0 Å². The van der Waals surface area contributed by atoms with Gasteiger partial charge < -0.3 is 9.80 Å². The summed E-state index contributed by atoms with van der Waals surface area (Å²) in [5, 5.41) is 2.39. The molecule has 1 aliphatic heterocycles. The molecule has 0 fully saturated rings. The van der Waals surface area contributed by atoms with Crippen molar-refractivity contribution in [1.29, 1.82) is 0 Å². The summed E-state index contributed by atoms with van der Waals surface area (Å²) in [6.45, 7) is 4.55. The van der Waals surface area contributed by atoms with E-state index in [2.05, 4.69) is 40.3 Å². The Morgan fingerprint density at radius 3 is 1.93 bits per heavy atom. The average molecular weight is 199 g/mol. The van der Waals surface area contributed by atoms with E-state index in [9.17, 15) is 4.79 Å². The van der Waals surface area contributed by atoms with Crippen LogP contribution in [0.1, 0.15) is 26.7 Å². The molecule has 0 radical (unpaired) electrons. The summed E-state index contributed by atoms with van der Waals surface area (Å²) in [6, 6.07) is 0.801. The second-order valence-electron chi connectivity index (χ2n) is 4.60. The zero-order valence-electron chi connectivity index (χ0n) is 10.0. The largest absolute Gasteiger partial charge is 0.329 e. The van der Waals surface area contributed by atoms with Crippen LogP contribution in [0.5, 0.6) is 0 Å². The molecule has 1 amide bonds. The van der Waals surface area contributed by atoms with E-state index in [-0.39, 0.29) is 5.91 Å². The second-order valence-corrected chi connectivity index (χ2v) is 4.60. The van der Waals surface area contributed by atoms with Crippen LogP contribution in [0.4, 0.5) is 0 Å². The molecule has 0 aromatic heterocycles. The topological polar surface area (TPSA) is 29.1 Å². The highest BCUT2D eigenvalue weighted by Gasteiger charge is 2.15. The maximum absolute atomic E-state index is 9.70. The summed E-state index contributed by atoms with van der Waals surface area (Å²) in [7, 11) is 6.75. The highest BCUT2D eigenvalue weighted by molar-refractivity contribution is 5.93. The molecule has 0 spiro atoms. The van der Waals surface area contributed by atoms with E-state index >= 15 is 0 Å². The minimum atomic E-state index is 0.00463. The number of carbonyl (C=O) groups is 1. The van der Waals surface area contributed by atoms with Crippen molar-refractivity contribution >= 4 is 5.91 Å². The molecule has 1 rings (SSSR count). The second kappa shape index (κ2) is 5.81. The molecule has 0 saturated heterocycles. The summed E-state index contributed by atoms with van der Waals surface area (Å²) in [5.41, 5.74) is 0. The number of amides is 1. The van der Waals surface area contributed by atoms with E-state index in [1.54, 1.807) is 6.20 Å². The molecule has 0 saturated carbocycles. The van der Waals surface area contributed by atoms with Crippen LogP contribution < -0.4 is 5.32 Å². The van der Waals surface area contributed by atoms with Crippen LogP contribution >= 0.6 is 0 Å². The van der Waals surface area contributed by atoms with Crippen LogP contribution in [0.25, 0.3) is 0 Å². The average Bonchev–Trinajstić information content (AvgIpc) is 2.01. The normalized spacial score (nSPS) is 16.2. The molecule has 0 bridgehead atoms. The van der Waals surface area contributed by atoms with Gasteiger partial charge in [0.25, 0.3) is 0 Å². The van der Waals surface area contributed by atoms with Gasteiger partial charge in [-0.25, -0.2) is 0 Å². The summed E-state index contributed by atoms with van der Waals surface area (Å²) < 4.78 is 1.09. The van der Waals surface area contributed by atoms with E-state index in [4.69, 9.17) is 0 Å². The lowest BCUT2D eigenvalue weighted by molar-refractivity contribution is -0.894. The lowest BCUT2D eigenvalue weighted by Gasteiger charge is -2.31. The molecule has 1 atom stereocenters. The van der Waals surface area contributed by atoms with Crippen molar-refractivity contribution in [2.45, 2.75) is 32.7 Å². The molecule has 0 aromatic rings. The fourth-order valence-electron chi connectivity index (χ4n) is 0.956. The first-order valence-corrected chi connectivity index (χ1v) is 5.16. The third kappa shape index (κ3) is 5.75. The van der Waals surface area contributed by atoms with Crippen molar-refractivity contribution in [1.82, 2.24) is 5.32 Å². The van der Waals surface area contributed by atoms with E-state index < -0.39 is 0 Å². The van der Waals surface area contributed by atoms with Gasteiger partial charge >= 0.3 is 0 Å². The predicted molar refractivity (Wildman–Crippen MR) is 59.7 cm³/mol. The number of nitrogens with one attached hydrogen (secondary N) is 1. The Labute approximate surface area is 87.4 Å². The molecule has 1 N–H and O–H groups in total. The lowest BCUT2D eigenvalue weighted by Crippen LogP contribution is -2.42. The van der Waals surface area contributed by atoms with Crippen molar-refractivity contribution in [3.63, 3.8) is 0 Å². The van der Waals surface area contributed by atoms with Gasteiger partial charge in [-0.15, -0.1) is 0 Å². The van der Waals surface area contributed by atoms with Gasteiger partial charge in [0.15, 0.2) is 0 Å². The molecule has 3 nitrogen and oxygen atoms in total. The number of carbonyl (C=O) groups excluding carboxylic acids is 1. The van der Waals surface area contributed by atoms with Crippen molar-refractivity contribution in [2.75, 3.05) is 21.1 Å². The minimum Gasteiger partial charge on any atom is -0.329 e. The summed E-state index contributed by atoms with van der Waals surface area (Å²) in [4.78, 5) is 9.70. The monoisotopic (exact) mass is 199 g/mol. The summed E-state index contributed by atoms with van der Waals surface area (Å²) >= 11 is 0. The first-order chi connectivity index (χ1) is 6.38. The van der Waals surface area contributed by atoms with Gasteiger partial charge in [0, 0.05) is 12.3 Å². The standard InChI is InChI=1S/C8H20N.C3H3NO/c1-6-7-8(2)9(3,4)5;5-3-1-2-4-3/h8H,6-7H2,1-5H3;1-2H,(H,4,5)/q+1;. The third-order valence-electron chi connectivity index (χ3n) is 2.49. The Balaban J connectivity index is 0.000000280. The van der Waals surface area contributed by atoms with Crippen LogP contribution in [-0.4, -0.2) is 37.6 Å². The highest BCUT2D eigenvalue weighted by atomic mass is 16.2. The molecular formula is C11H23N2O+. The fourth-order valence-corrected chi connectivity index (χ4v) is 0.956. The number of hydrogen-bond acceptors (Lipinski definition) is 1. The Hall–Kier alpha value is -0.830. The number of quaternary nitrogens is 1. The molecule has 14 heavy (non-hydrogen) atoms. The molecule has 1 aliphatic rings. The molecule has 0 aromatic carbocycles. The number of nitrogens with zero attached hydrogens (tertiary/aromatic N) is 1. The maximum atomic E-state index is 9.70. The van der Waals surface area contributed by atoms with E-state index in [0.29, 0.717) is 0 Å². The SMILES string of the molecule is CCCC(C)[N+](C)(C)C.O=C1C=CN1. The lowest BCUT2D eigenvalue weighted by atomic mass is 10.1. The number of hydrogen-bond donors (Lipinski definition) is 1. The van der Waals surface area contributed by atoms with Gasteiger partial charge in [0.05, 0.1) is 27.2 Å². The molecule has 3 heteroatoms. The van der Waals surface area contributed by atoms with Crippen molar-refractivity contribution in [3.05, 3.63) is 12.3 Å². The van der Waals surface area contributed by atoms with Crippen molar-refractivity contribution < 1.29 is 9.28 Å². The quantitative estimate of drug-likeness (QED) is 0.686. The van der Waals surface area contributed by atoms with E-state index in [1.807, 2.05) is 0 Å². The molecule has 0 aliphatic carbocycles. The Kier molecular flexibility index (Phi) is 5.46. The molecule has 1 unspecified atom stereocenters. The first kappa shape index (κ1) is 13.2. The van der Waals surface area contributed by atoms with Gasteiger partial charge in [0.2, 0.25) is 5.91 Å². The molecular weight excluding hydrogens is 176 g/mol. The third-order valence-corrected chi connectivity index (χ3v) is 2.49. The Morgan fingerprint density at radius 1 is 1.43 bits per heavy atom. The Morgan fingerprint density at radius 2 is 1.86 bits per heavy atom. The van der Waals surface area contributed by atoms with Crippen LogP contribution in [0, 0.1) is 0 Å². The zero-order valence-corrected chi connectivity index (χ0v) is 10.0. The smallest absolute Gasteiger partial charge is 0.249 e. The highest BCUT2D eigenvalue weighted by Crippen LogP contribution is 2.07. The van der Waals surface area contributed by atoms with Gasteiger partial charge in [-0.1, -0.05) is 13.3 Å². The van der Waals surface area contributed by atoms with Crippen molar-refractivity contribution in [3.8, 4) is 0 Å². The Bertz CT molecular complexity index is 204. The first-order valence-electron chi connectivity index (χ1n) is 5.16. The number of rotatable bonds is 3. The van der Waals surface area contributed by atoms with Crippen LogP contribution in [0.3, 0.4) is 0 Å². The predicted octanol–water partition coefficient (Wildman–Crippen LogP) is 1.51. The fraction of sp³-hybridized carbons (Fsp3) is 0.727. The van der Waals surface area contributed by atoms with Gasteiger partial charge in [-0.3, -0.25) is 4.79 Å². The van der Waals surface area contributed by atoms with Crippen LogP contribution in [0.15, 0.2) is 12.3 Å². The zero-order chi connectivity index (χ0) is 11.2. The minimum absolute atomic E-state index is 0.00463. The molecule has 1 heterocycles. The van der Waals surface area contributed by atoms with Crippen LogP contribution in [-0.2, 0) is 4.79 Å².